The maximum atomic E-state index is 12.5. The third-order valence-electron chi connectivity index (χ3n) is 3.07. The van der Waals surface area contributed by atoms with Crippen LogP contribution in [0.2, 0.25) is 0 Å². The molecule has 0 heterocycles. The van der Waals surface area contributed by atoms with E-state index in [9.17, 15) is 13.2 Å². The van der Waals surface area contributed by atoms with Gasteiger partial charge in [-0.2, -0.15) is 4.31 Å². The summed E-state index contributed by atoms with van der Waals surface area (Å²) in [5.41, 5.74) is -0.121. The highest BCUT2D eigenvalue weighted by Crippen LogP contribution is 2.26. The summed E-state index contributed by atoms with van der Waals surface area (Å²) < 4.78 is 31.1. The normalized spacial score (nSPS) is 13.4. The van der Waals surface area contributed by atoms with Crippen LogP contribution in [0.4, 0.5) is 4.79 Å². The van der Waals surface area contributed by atoms with Crippen molar-refractivity contribution in [2.45, 2.75) is 45.8 Å². The summed E-state index contributed by atoms with van der Waals surface area (Å²) in [6.45, 7) is 6.40. The first kappa shape index (κ1) is 19.4. The van der Waals surface area contributed by atoms with Crippen LogP contribution in [-0.2, 0) is 14.8 Å². The van der Waals surface area contributed by atoms with Gasteiger partial charge in [-0.25, -0.2) is 13.2 Å². The molecule has 0 bridgehead atoms. The van der Waals surface area contributed by atoms with Crippen LogP contribution in [0, 0.1) is 0 Å². The Hall–Kier alpha value is -1.60. The van der Waals surface area contributed by atoms with E-state index in [2.05, 4.69) is 0 Å². The number of aliphatic hydroxyl groups is 1. The van der Waals surface area contributed by atoms with Crippen LogP contribution in [-0.4, -0.2) is 41.9 Å². The zero-order valence-electron chi connectivity index (χ0n) is 14.0. The lowest BCUT2D eigenvalue weighted by Gasteiger charge is -2.31. The van der Waals surface area contributed by atoms with Gasteiger partial charge in [-0.15, -0.1) is 0 Å². The van der Waals surface area contributed by atoms with Gasteiger partial charge >= 0.3 is 6.09 Å². The fraction of sp³-hybridized carbons (Fsp3) is 0.562. The smallest absolute Gasteiger partial charge is 0.424 e. The molecule has 1 aromatic rings. The zero-order chi connectivity index (χ0) is 17.7. The molecule has 1 atom stereocenters. The van der Waals surface area contributed by atoms with Crippen LogP contribution < -0.4 is 0 Å². The molecule has 0 saturated heterocycles. The first-order valence-corrected chi connectivity index (χ1v) is 9.10. The summed E-state index contributed by atoms with van der Waals surface area (Å²) in [4.78, 5) is 12.4. The number of aliphatic hydroxyl groups excluding tert-OH is 1. The third kappa shape index (κ3) is 5.84. The van der Waals surface area contributed by atoms with E-state index in [1.807, 2.05) is 6.07 Å². The van der Waals surface area contributed by atoms with Crippen molar-refractivity contribution in [1.29, 1.82) is 0 Å². The van der Waals surface area contributed by atoms with Crippen molar-refractivity contribution in [3.05, 3.63) is 35.9 Å². The minimum atomic E-state index is -3.90. The lowest BCUT2D eigenvalue weighted by molar-refractivity contribution is 0.0346. The molecule has 1 amide bonds. The molecule has 1 N–H and O–H groups in total. The Bertz CT molecular complexity index is 607. The van der Waals surface area contributed by atoms with Crippen molar-refractivity contribution in [2.75, 3.05) is 12.4 Å². The molecule has 1 aromatic carbocycles. The van der Waals surface area contributed by atoms with Gasteiger partial charge in [0.2, 0.25) is 10.0 Å². The van der Waals surface area contributed by atoms with E-state index in [1.54, 1.807) is 52.0 Å². The van der Waals surface area contributed by atoms with Crippen LogP contribution in [0.25, 0.3) is 0 Å². The number of carbonyl (C=O) groups is 1. The van der Waals surface area contributed by atoms with Crippen LogP contribution in [0.5, 0.6) is 0 Å². The molecule has 23 heavy (non-hydrogen) atoms. The minimum Gasteiger partial charge on any atom is -0.443 e. The van der Waals surface area contributed by atoms with Crippen LogP contribution >= 0.6 is 0 Å². The van der Waals surface area contributed by atoms with Crippen LogP contribution in [0.3, 0.4) is 0 Å². The Balaban J connectivity index is 3.18. The Kier molecular flexibility index (Phi) is 6.58. The van der Waals surface area contributed by atoms with Gasteiger partial charge in [0.1, 0.15) is 5.60 Å². The molecule has 0 aliphatic heterocycles. The molecule has 130 valence electrons. The maximum absolute atomic E-state index is 12.5. The van der Waals surface area contributed by atoms with E-state index in [0.717, 1.165) is 4.31 Å². The number of sulfonamides is 1. The number of hydrogen-bond donors (Lipinski definition) is 1. The van der Waals surface area contributed by atoms with Gasteiger partial charge in [-0.1, -0.05) is 30.3 Å². The molecule has 0 fully saturated rings. The fourth-order valence-electron chi connectivity index (χ4n) is 2.03. The Morgan fingerprint density at radius 1 is 1.26 bits per heavy atom. The summed E-state index contributed by atoms with van der Waals surface area (Å²) in [5, 5.41) is 8.89. The first-order valence-electron chi connectivity index (χ1n) is 7.49. The van der Waals surface area contributed by atoms with Crippen molar-refractivity contribution < 1.29 is 23.1 Å². The first-order chi connectivity index (χ1) is 10.6. The summed E-state index contributed by atoms with van der Waals surface area (Å²) in [6.07, 6.45) is -0.852. The van der Waals surface area contributed by atoms with Gasteiger partial charge in [-0.05, 0) is 39.7 Å². The van der Waals surface area contributed by atoms with Crippen molar-refractivity contribution in [3.8, 4) is 0 Å². The Morgan fingerprint density at radius 3 is 2.30 bits per heavy atom. The summed E-state index contributed by atoms with van der Waals surface area (Å²) in [5.74, 6) is -0.320. The average Bonchev–Trinajstić information content (AvgIpc) is 2.44. The van der Waals surface area contributed by atoms with E-state index in [1.165, 1.54) is 0 Å². The topological polar surface area (TPSA) is 83.9 Å². The molecule has 0 aromatic heterocycles. The number of ether oxygens (including phenoxy) is 1. The minimum absolute atomic E-state index is 0.0587. The maximum Gasteiger partial charge on any atom is 0.424 e. The molecule has 0 spiro atoms. The van der Waals surface area contributed by atoms with Crippen LogP contribution in [0.15, 0.2) is 30.3 Å². The standard InChI is InChI=1S/C16H25NO5S/c1-13(14-9-6-5-7-10-14)17(15(19)22-16(2,3)4)23(20,21)12-8-11-18/h5-7,9-10,13,18H,8,11-12H2,1-4H3/t13-/m0/s1. The van der Waals surface area contributed by atoms with Crippen molar-refractivity contribution >= 4 is 16.1 Å². The van der Waals surface area contributed by atoms with Crippen molar-refractivity contribution in [2.24, 2.45) is 0 Å². The molecule has 6 nitrogen and oxygen atoms in total. The van der Waals surface area contributed by atoms with Crippen molar-refractivity contribution in [3.63, 3.8) is 0 Å². The van der Waals surface area contributed by atoms with E-state index < -0.39 is 27.8 Å². The average molecular weight is 343 g/mol. The molecule has 0 unspecified atom stereocenters. The predicted octanol–water partition coefficient (Wildman–Crippen LogP) is 2.70. The second-order valence-corrected chi connectivity index (χ2v) is 8.22. The molecule has 0 radical (unpaired) electrons. The quantitative estimate of drug-likeness (QED) is 0.858. The van der Waals surface area contributed by atoms with Gasteiger partial charge < -0.3 is 9.84 Å². The monoisotopic (exact) mass is 343 g/mol. The largest absolute Gasteiger partial charge is 0.443 e. The number of amides is 1. The Labute approximate surface area is 138 Å². The SMILES string of the molecule is C[C@@H](c1ccccc1)N(C(=O)OC(C)(C)C)S(=O)(=O)CCCO. The third-order valence-corrected chi connectivity index (χ3v) is 4.94. The summed E-state index contributed by atoms with van der Waals surface area (Å²) >= 11 is 0. The molecular formula is C16H25NO5S. The lowest BCUT2D eigenvalue weighted by Crippen LogP contribution is -2.43. The predicted molar refractivity (Wildman–Crippen MR) is 88.4 cm³/mol. The highest BCUT2D eigenvalue weighted by atomic mass is 32.2. The number of carbonyl (C=O) groups excluding carboxylic acids is 1. The molecule has 7 heteroatoms. The van der Waals surface area contributed by atoms with E-state index in [0.29, 0.717) is 5.56 Å². The Morgan fingerprint density at radius 2 is 1.83 bits per heavy atom. The zero-order valence-corrected chi connectivity index (χ0v) is 14.8. The number of nitrogens with zero attached hydrogens (tertiary/aromatic N) is 1. The second kappa shape index (κ2) is 7.79. The van der Waals surface area contributed by atoms with Crippen molar-refractivity contribution in [1.82, 2.24) is 4.31 Å². The second-order valence-electron chi connectivity index (χ2n) is 6.26. The molecule has 0 saturated carbocycles. The summed E-state index contributed by atoms with van der Waals surface area (Å²) in [7, 11) is -3.90. The van der Waals surface area contributed by atoms with E-state index >= 15 is 0 Å². The number of rotatable bonds is 6. The van der Waals surface area contributed by atoms with Crippen LogP contribution in [0.1, 0.15) is 45.7 Å². The number of hydrogen-bond acceptors (Lipinski definition) is 5. The van der Waals surface area contributed by atoms with Gasteiger partial charge in [0.05, 0.1) is 11.8 Å². The fourth-order valence-corrected chi connectivity index (χ4v) is 3.59. The highest BCUT2D eigenvalue weighted by Gasteiger charge is 2.35. The van der Waals surface area contributed by atoms with Gasteiger partial charge in [-0.3, -0.25) is 0 Å². The van der Waals surface area contributed by atoms with Gasteiger partial charge in [0.25, 0.3) is 0 Å². The molecule has 0 aliphatic rings. The molecule has 0 aliphatic carbocycles. The van der Waals surface area contributed by atoms with E-state index in [4.69, 9.17) is 9.84 Å². The molecule has 1 rings (SSSR count). The van der Waals surface area contributed by atoms with Gasteiger partial charge in [0, 0.05) is 6.61 Å². The van der Waals surface area contributed by atoms with Gasteiger partial charge in [0.15, 0.2) is 0 Å². The molecular weight excluding hydrogens is 318 g/mol. The lowest BCUT2D eigenvalue weighted by atomic mass is 10.1. The number of benzene rings is 1. The van der Waals surface area contributed by atoms with E-state index in [-0.39, 0.29) is 18.8 Å². The highest BCUT2D eigenvalue weighted by molar-refractivity contribution is 7.89. The summed E-state index contributed by atoms with van der Waals surface area (Å²) in [6, 6.07) is 8.18.